The van der Waals surface area contributed by atoms with E-state index in [2.05, 4.69) is 88.4 Å². The first-order chi connectivity index (χ1) is 19.4. The van der Waals surface area contributed by atoms with E-state index in [1.54, 1.807) is 0 Å². The number of H-pyrrole nitrogens is 1. The minimum Gasteiger partial charge on any atom is -0.506 e. The van der Waals surface area contributed by atoms with Gasteiger partial charge in [-0.05, 0) is 47.4 Å². The zero-order valence-electron chi connectivity index (χ0n) is 22.0. The number of rotatable bonds is 12. The van der Waals surface area contributed by atoms with Crippen LogP contribution in [0.4, 0.5) is 0 Å². The molecule has 0 saturated heterocycles. The van der Waals surface area contributed by atoms with Gasteiger partial charge in [0, 0.05) is 24.6 Å². The second-order valence-electron chi connectivity index (χ2n) is 9.92. The van der Waals surface area contributed by atoms with E-state index in [1.165, 1.54) is 28.8 Å². The predicted octanol–water partition coefficient (Wildman–Crippen LogP) is 4.19. The largest absolute Gasteiger partial charge is 0.506 e. The maximum Gasteiger partial charge on any atom is 0.305 e. The number of fused-ring (bicyclic) bond motifs is 1. The predicted molar refractivity (Wildman–Crippen MR) is 160 cm³/mol. The highest BCUT2D eigenvalue weighted by atomic mass is 32.1. The van der Waals surface area contributed by atoms with Crippen LogP contribution in [-0.4, -0.2) is 39.9 Å². The Morgan fingerprint density at radius 3 is 2.08 bits per heavy atom. The highest BCUT2D eigenvalue weighted by molar-refractivity contribution is 7.16. The number of aliphatic hydroxyl groups is 2. The first kappa shape index (κ1) is 27.8. The van der Waals surface area contributed by atoms with Crippen LogP contribution in [0.3, 0.4) is 0 Å². The first-order valence-corrected chi connectivity index (χ1v) is 14.1. The molecule has 0 saturated carbocycles. The molecule has 0 bridgehead atoms. The van der Waals surface area contributed by atoms with Gasteiger partial charge in [0.05, 0.1) is 11.2 Å². The molecule has 0 radical (unpaired) electrons. The summed E-state index contributed by atoms with van der Waals surface area (Å²) in [6.45, 7) is 2.02. The Morgan fingerprint density at radius 1 is 0.800 bits per heavy atom. The summed E-state index contributed by atoms with van der Waals surface area (Å²) >= 11 is 0.838. The molecule has 0 fully saturated rings. The zero-order chi connectivity index (χ0) is 28.0. The van der Waals surface area contributed by atoms with Crippen LogP contribution in [0.2, 0.25) is 0 Å². The monoisotopic (exact) mass is 555 g/mol. The number of aromatic amines is 1. The molecule has 5 rings (SSSR count). The Hall–Kier alpha value is -3.79. The number of thiazole rings is 1. The third-order valence-electron chi connectivity index (χ3n) is 7.06. The molecule has 40 heavy (non-hydrogen) atoms. The zero-order valence-corrected chi connectivity index (χ0v) is 22.8. The van der Waals surface area contributed by atoms with Gasteiger partial charge < -0.3 is 30.9 Å². The Labute approximate surface area is 236 Å². The summed E-state index contributed by atoms with van der Waals surface area (Å²) in [5.41, 5.74) is 5.30. The van der Waals surface area contributed by atoms with Crippen LogP contribution in [0.5, 0.6) is 5.75 Å². The van der Waals surface area contributed by atoms with Crippen LogP contribution in [0, 0.1) is 0 Å². The molecule has 1 heterocycles. The Balaban J connectivity index is 1.11. The van der Waals surface area contributed by atoms with Crippen molar-refractivity contribution in [3.63, 3.8) is 0 Å². The molecule has 0 spiro atoms. The van der Waals surface area contributed by atoms with E-state index in [0.29, 0.717) is 11.2 Å². The lowest BCUT2D eigenvalue weighted by molar-refractivity contribution is -0.164. The van der Waals surface area contributed by atoms with E-state index >= 15 is 0 Å². The van der Waals surface area contributed by atoms with Gasteiger partial charge in [0.1, 0.15) is 11.3 Å². The Kier molecular flexibility index (Phi) is 8.74. The number of benzene rings is 4. The molecule has 1 aromatic heterocycles. The molecule has 6 N–H and O–H groups in total. The van der Waals surface area contributed by atoms with Crippen molar-refractivity contribution in [1.82, 2.24) is 15.6 Å². The number of phenolic OH excluding ortho intramolecular Hbond substituents is 1. The molecular formula is C32H33N3O4S. The van der Waals surface area contributed by atoms with Gasteiger partial charge in [0.25, 0.3) is 0 Å². The summed E-state index contributed by atoms with van der Waals surface area (Å²) in [6.07, 6.45) is 0.719. The van der Waals surface area contributed by atoms with Gasteiger partial charge in [-0.2, -0.15) is 0 Å². The maximum absolute atomic E-state index is 11.7. The van der Waals surface area contributed by atoms with Gasteiger partial charge in [-0.15, -0.1) is 0 Å². The molecule has 0 aliphatic carbocycles. The van der Waals surface area contributed by atoms with Crippen molar-refractivity contribution in [3.8, 4) is 5.75 Å². The summed E-state index contributed by atoms with van der Waals surface area (Å²) in [5, 5.41) is 38.0. The molecule has 5 aromatic rings. The van der Waals surface area contributed by atoms with Gasteiger partial charge >= 0.3 is 4.87 Å². The van der Waals surface area contributed by atoms with Crippen molar-refractivity contribution in [2.45, 2.75) is 24.7 Å². The van der Waals surface area contributed by atoms with Gasteiger partial charge in [0.15, 0.2) is 0 Å². The van der Waals surface area contributed by atoms with E-state index < -0.39 is 5.79 Å². The molecule has 0 aliphatic rings. The van der Waals surface area contributed by atoms with Crippen molar-refractivity contribution < 1.29 is 15.3 Å². The fourth-order valence-corrected chi connectivity index (χ4v) is 5.85. The van der Waals surface area contributed by atoms with E-state index in [0.717, 1.165) is 36.4 Å². The summed E-state index contributed by atoms with van der Waals surface area (Å²) in [6, 6.07) is 32.3. The van der Waals surface area contributed by atoms with Crippen molar-refractivity contribution in [2.75, 3.05) is 19.6 Å². The lowest BCUT2D eigenvalue weighted by Gasteiger charge is -2.23. The third-order valence-corrected chi connectivity index (χ3v) is 7.97. The molecule has 0 aliphatic heterocycles. The number of aromatic nitrogens is 1. The van der Waals surface area contributed by atoms with E-state index in [4.69, 9.17) is 0 Å². The van der Waals surface area contributed by atoms with Gasteiger partial charge in [-0.3, -0.25) is 4.79 Å². The van der Waals surface area contributed by atoms with Gasteiger partial charge in [-0.1, -0.05) is 96.3 Å². The topological polar surface area (TPSA) is 118 Å². The van der Waals surface area contributed by atoms with Crippen molar-refractivity contribution in [3.05, 3.63) is 135 Å². The van der Waals surface area contributed by atoms with Crippen LogP contribution >= 0.6 is 11.3 Å². The Bertz CT molecular complexity index is 1540. The van der Waals surface area contributed by atoms with Crippen LogP contribution in [0.25, 0.3) is 10.2 Å². The minimum atomic E-state index is -2.19. The van der Waals surface area contributed by atoms with Crippen LogP contribution in [-0.2, 0) is 18.8 Å². The molecule has 7 nitrogen and oxygen atoms in total. The van der Waals surface area contributed by atoms with Crippen molar-refractivity contribution >= 4 is 21.6 Å². The minimum absolute atomic E-state index is 0.105. The highest BCUT2D eigenvalue weighted by Crippen LogP contribution is 2.33. The third kappa shape index (κ3) is 6.67. The van der Waals surface area contributed by atoms with Crippen LogP contribution in [0.1, 0.15) is 33.7 Å². The molecule has 206 valence electrons. The van der Waals surface area contributed by atoms with Crippen LogP contribution < -0.4 is 15.5 Å². The smallest absolute Gasteiger partial charge is 0.305 e. The maximum atomic E-state index is 11.7. The van der Waals surface area contributed by atoms with E-state index in [1.807, 2.05) is 12.1 Å². The number of hydrogen-bond donors (Lipinski definition) is 6. The number of aromatic hydroxyl groups is 1. The summed E-state index contributed by atoms with van der Waals surface area (Å²) in [5.74, 6) is -2.02. The SMILES string of the molecule is O=c1[nH]c2c(O)ccc(C(O)(O)CNCCc3ccc(CNCC(c4ccccc4)c4ccccc4)cc3)c2s1. The second kappa shape index (κ2) is 12.6. The fourth-order valence-electron chi connectivity index (χ4n) is 4.91. The van der Waals surface area contributed by atoms with E-state index in [9.17, 15) is 20.1 Å². The summed E-state index contributed by atoms with van der Waals surface area (Å²) in [4.78, 5) is 13.9. The molecule has 4 aromatic carbocycles. The molecular weight excluding hydrogens is 522 g/mol. The summed E-state index contributed by atoms with van der Waals surface area (Å²) < 4.78 is 0.333. The van der Waals surface area contributed by atoms with E-state index in [-0.39, 0.29) is 34.2 Å². The Morgan fingerprint density at radius 2 is 1.43 bits per heavy atom. The second-order valence-corrected chi connectivity index (χ2v) is 10.9. The van der Waals surface area contributed by atoms with Crippen molar-refractivity contribution in [1.29, 1.82) is 0 Å². The van der Waals surface area contributed by atoms with Gasteiger partial charge in [-0.25, -0.2) is 0 Å². The molecule has 8 heteroatoms. The van der Waals surface area contributed by atoms with Crippen molar-refractivity contribution in [2.24, 2.45) is 0 Å². The standard InChI is InChI=1S/C32H33N3O4S/c36-28-16-15-27(30-29(28)35-31(37)40-30)32(38,39)21-33-18-17-22-11-13-23(14-12-22)19-34-20-26(24-7-3-1-4-8-24)25-9-5-2-6-10-25/h1-16,26,33-34,36,38-39H,17-21H2,(H,35,37). The number of hydrogen-bond acceptors (Lipinski definition) is 7. The van der Waals surface area contributed by atoms with Crippen LogP contribution in [0.15, 0.2) is 102 Å². The molecule has 0 amide bonds. The molecule has 0 atom stereocenters. The lowest BCUT2D eigenvalue weighted by atomic mass is 9.91. The lowest BCUT2D eigenvalue weighted by Crippen LogP contribution is -2.38. The fraction of sp³-hybridized carbons (Fsp3) is 0.219. The highest BCUT2D eigenvalue weighted by Gasteiger charge is 2.29. The average molecular weight is 556 g/mol. The normalized spacial score (nSPS) is 11.9. The number of phenols is 1. The summed E-state index contributed by atoms with van der Waals surface area (Å²) in [7, 11) is 0. The van der Waals surface area contributed by atoms with Gasteiger partial charge in [0.2, 0.25) is 5.79 Å². The molecule has 0 unspecified atom stereocenters. The average Bonchev–Trinajstić information content (AvgIpc) is 3.37. The quantitative estimate of drug-likeness (QED) is 0.102. The number of nitrogens with one attached hydrogen (secondary N) is 3. The first-order valence-electron chi connectivity index (χ1n) is 13.3.